The highest BCUT2D eigenvalue weighted by atomic mass is 79.9. The predicted molar refractivity (Wildman–Crippen MR) is 72.9 cm³/mol. The van der Waals surface area contributed by atoms with Crippen LogP contribution >= 0.6 is 15.9 Å². The molecule has 0 bridgehead atoms. The Morgan fingerprint density at radius 1 is 1.26 bits per heavy atom. The van der Waals surface area contributed by atoms with E-state index in [1.54, 1.807) is 12.1 Å². The number of furan rings is 1. The van der Waals surface area contributed by atoms with Gasteiger partial charge < -0.3 is 9.73 Å². The molecule has 0 spiro atoms. The molecule has 0 saturated heterocycles. The van der Waals surface area contributed by atoms with Crippen LogP contribution in [0, 0.1) is 11.6 Å². The van der Waals surface area contributed by atoms with Gasteiger partial charge in [0.2, 0.25) is 0 Å². The van der Waals surface area contributed by atoms with Crippen LogP contribution in [0.4, 0.5) is 8.78 Å². The van der Waals surface area contributed by atoms with Gasteiger partial charge in [-0.15, -0.1) is 0 Å². The molecule has 0 aliphatic heterocycles. The zero-order valence-corrected chi connectivity index (χ0v) is 12.0. The Kier molecular flexibility index (Phi) is 4.71. The third kappa shape index (κ3) is 3.42. The molecule has 0 fully saturated rings. The van der Waals surface area contributed by atoms with E-state index >= 15 is 0 Å². The third-order valence-electron chi connectivity index (χ3n) is 2.75. The Morgan fingerprint density at radius 3 is 2.68 bits per heavy atom. The van der Waals surface area contributed by atoms with Crippen LogP contribution in [0.3, 0.4) is 0 Å². The Morgan fingerprint density at radius 2 is 2.05 bits per heavy atom. The number of hydrogen-bond donors (Lipinski definition) is 1. The summed E-state index contributed by atoms with van der Waals surface area (Å²) in [5, 5.41) is 3.16. The van der Waals surface area contributed by atoms with Crippen molar-refractivity contribution in [3.63, 3.8) is 0 Å². The van der Waals surface area contributed by atoms with Crippen LogP contribution in [0.5, 0.6) is 0 Å². The van der Waals surface area contributed by atoms with Gasteiger partial charge in [0.1, 0.15) is 17.4 Å². The number of benzene rings is 1. The Balaban J connectivity index is 2.39. The first-order valence-electron chi connectivity index (χ1n) is 6.05. The lowest BCUT2D eigenvalue weighted by molar-refractivity contribution is 0.422. The van der Waals surface area contributed by atoms with Gasteiger partial charge in [0, 0.05) is 5.56 Å². The Bertz CT molecular complexity index is 556. The molecule has 1 heterocycles. The van der Waals surface area contributed by atoms with Crippen molar-refractivity contribution in [2.75, 3.05) is 6.54 Å². The number of halogens is 3. The highest BCUT2D eigenvalue weighted by Crippen LogP contribution is 2.28. The van der Waals surface area contributed by atoms with Crippen molar-refractivity contribution in [3.05, 3.63) is 58.0 Å². The van der Waals surface area contributed by atoms with Crippen molar-refractivity contribution in [2.24, 2.45) is 0 Å². The summed E-state index contributed by atoms with van der Waals surface area (Å²) in [6, 6.07) is 6.40. The molecule has 1 atom stereocenters. The van der Waals surface area contributed by atoms with E-state index in [9.17, 15) is 8.78 Å². The Labute approximate surface area is 118 Å². The van der Waals surface area contributed by atoms with Gasteiger partial charge >= 0.3 is 0 Å². The van der Waals surface area contributed by atoms with Crippen LogP contribution in [0.1, 0.15) is 30.7 Å². The lowest BCUT2D eigenvalue weighted by atomic mass is 10.0. The number of hydrogen-bond acceptors (Lipinski definition) is 2. The molecule has 0 amide bonds. The van der Waals surface area contributed by atoms with E-state index < -0.39 is 17.7 Å². The average Bonchev–Trinajstić information content (AvgIpc) is 2.80. The maximum absolute atomic E-state index is 13.9. The van der Waals surface area contributed by atoms with Gasteiger partial charge in [-0.25, -0.2) is 8.78 Å². The van der Waals surface area contributed by atoms with Crippen LogP contribution in [0.2, 0.25) is 0 Å². The fourth-order valence-electron chi connectivity index (χ4n) is 1.87. The van der Waals surface area contributed by atoms with Crippen molar-refractivity contribution >= 4 is 15.9 Å². The molecule has 102 valence electrons. The van der Waals surface area contributed by atoms with E-state index in [-0.39, 0.29) is 5.56 Å². The first kappa shape index (κ1) is 14.2. The molecule has 5 heteroatoms. The van der Waals surface area contributed by atoms with Crippen molar-refractivity contribution < 1.29 is 13.2 Å². The fraction of sp³-hybridized carbons (Fsp3) is 0.286. The van der Waals surface area contributed by atoms with E-state index in [4.69, 9.17) is 4.42 Å². The molecule has 2 aromatic rings. The largest absolute Gasteiger partial charge is 0.452 e. The van der Waals surface area contributed by atoms with E-state index in [0.717, 1.165) is 18.6 Å². The zero-order chi connectivity index (χ0) is 13.8. The summed E-state index contributed by atoms with van der Waals surface area (Å²) < 4.78 is 33.2. The molecule has 0 aliphatic carbocycles. The van der Waals surface area contributed by atoms with Crippen LogP contribution in [0.25, 0.3) is 0 Å². The molecule has 1 aromatic carbocycles. The minimum atomic E-state index is -0.498. The van der Waals surface area contributed by atoms with Gasteiger partial charge in [0.25, 0.3) is 0 Å². The molecule has 0 aliphatic rings. The molecule has 0 radical (unpaired) electrons. The highest BCUT2D eigenvalue weighted by molar-refractivity contribution is 9.10. The first-order valence-corrected chi connectivity index (χ1v) is 6.84. The quantitative estimate of drug-likeness (QED) is 0.878. The van der Waals surface area contributed by atoms with E-state index in [1.165, 1.54) is 6.07 Å². The lowest BCUT2D eigenvalue weighted by Gasteiger charge is -2.17. The maximum atomic E-state index is 13.9. The normalized spacial score (nSPS) is 12.6. The summed E-state index contributed by atoms with van der Waals surface area (Å²) in [5.74, 6) is -0.377. The van der Waals surface area contributed by atoms with Gasteiger partial charge in [-0.1, -0.05) is 6.92 Å². The van der Waals surface area contributed by atoms with Crippen LogP contribution < -0.4 is 5.32 Å². The summed E-state index contributed by atoms with van der Waals surface area (Å²) in [4.78, 5) is 0. The van der Waals surface area contributed by atoms with E-state index in [2.05, 4.69) is 21.2 Å². The van der Waals surface area contributed by atoms with Gasteiger partial charge in [-0.05, 0) is 59.2 Å². The number of rotatable bonds is 5. The highest BCUT2D eigenvalue weighted by Gasteiger charge is 2.21. The maximum Gasteiger partial charge on any atom is 0.169 e. The molecule has 1 unspecified atom stereocenters. The first-order chi connectivity index (χ1) is 9.11. The lowest BCUT2D eigenvalue weighted by Crippen LogP contribution is -2.23. The molecule has 1 N–H and O–H groups in total. The van der Waals surface area contributed by atoms with Crippen molar-refractivity contribution in [1.82, 2.24) is 5.32 Å². The van der Waals surface area contributed by atoms with Crippen molar-refractivity contribution in [1.29, 1.82) is 0 Å². The SMILES string of the molecule is CCCNC(c1ccc(Br)o1)c1cc(F)ccc1F. The molecule has 0 saturated carbocycles. The molecular formula is C14H14BrF2NO. The average molecular weight is 330 g/mol. The monoisotopic (exact) mass is 329 g/mol. The molecule has 2 nitrogen and oxygen atoms in total. The molecule has 1 aromatic heterocycles. The summed E-state index contributed by atoms with van der Waals surface area (Å²) in [5.41, 5.74) is 0.246. The second-order valence-electron chi connectivity index (χ2n) is 4.19. The van der Waals surface area contributed by atoms with Crippen molar-refractivity contribution in [2.45, 2.75) is 19.4 Å². The summed E-state index contributed by atoms with van der Waals surface area (Å²) in [6.07, 6.45) is 0.884. The summed E-state index contributed by atoms with van der Waals surface area (Å²) in [7, 11) is 0. The second kappa shape index (κ2) is 6.30. The molecule has 19 heavy (non-hydrogen) atoms. The minimum absolute atomic E-state index is 0.246. The zero-order valence-electron chi connectivity index (χ0n) is 10.4. The second-order valence-corrected chi connectivity index (χ2v) is 4.98. The Hall–Kier alpha value is -1.20. The third-order valence-corrected chi connectivity index (χ3v) is 3.17. The van der Waals surface area contributed by atoms with Gasteiger partial charge in [-0.3, -0.25) is 0 Å². The summed E-state index contributed by atoms with van der Waals surface area (Å²) >= 11 is 3.21. The fourth-order valence-corrected chi connectivity index (χ4v) is 2.19. The van der Waals surface area contributed by atoms with E-state index in [0.29, 0.717) is 17.0 Å². The van der Waals surface area contributed by atoms with Gasteiger partial charge in [-0.2, -0.15) is 0 Å². The predicted octanol–water partition coefficient (Wildman–Crippen LogP) is 4.41. The van der Waals surface area contributed by atoms with Crippen LogP contribution in [0.15, 0.2) is 39.4 Å². The van der Waals surface area contributed by atoms with Gasteiger partial charge in [0.05, 0.1) is 6.04 Å². The molecular weight excluding hydrogens is 316 g/mol. The number of nitrogens with one attached hydrogen (secondary N) is 1. The van der Waals surface area contributed by atoms with Crippen LogP contribution in [-0.2, 0) is 0 Å². The van der Waals surface area contributed by atoms with E-state index in [1.807, 2.05) is 6.92 Å². The standard InChI is InChI=1S/C14H14BrF2NO/c1-2-7-18-14(12-5-6-13(15)19-12)10-8-9(16)3-4-11(10)17/h3-6,8,14,18H,2,7H2,1H3. The van der Waals surface area contributed by atoms with Gasteiger partial charge in [0.15, 0.2) is 4.67 Å². The molecule has 2 rings (SSSR count). The topological polar surface area (TPSA) is 25.2 Å². The van der Waals surface area contributed by atoms with Crippen LogP contribution in [-0.4, -0.2) is 6.54 Å². The minimum Gasteiger partial charge on any atom is -0.452 e. The van der Waals surface area contributed by atoms with Crippen molar-refractivity contribution in [3.8, 4) is 0 Å². The smallest absolute Gasteiger partial charge is 0.169 e. The summed E-state index contributed by atoms with van der Waals surface area (Å²) in [6.45, 7) is 2.68.